The topological polar surface area (TPSA) is 59.2 Å². The van der Waals surface area contributed by atoms with Gasteiger partial charge in [0.25, 0.3) is 0 Å². The van der Waals surface area contributed by atoms with Crippen LogP contribution < -0.4 is 14.8 Å². The SMILES string of the molecule is Fc1cccc(Cl)c1CNc1nc2cc3c(cc2[nH]1)OCO3. The summed E-state index contributed by atoms with van der Waals surface area (Å²) in [5.74, 6) is 1.53. The molecule has 0 aliphatic carbocycles. The molecule has 0 bridgehead atoms. The molecule has 112 valence electrons. The molecule has 0 amide bonds. The van der Waals surface area contributed by atoms with E-state index in [4.69, 9.17) is 21.1 Å². The number of aromatic nitrogens is 2. The van der Waals surface area contributed by atoms with Gasteiger partial charge in [-0.25, -0.2) is 9.37 Å². The van der Waals surface area contributed by atoms with Gasteiger partial charge < -0.3 is 19.8 Å². The summed E-state index contributed by atoms with van der Waals surface area (Å²) < 4.78 is 24.4. The third kappa shape index (κ3) is 2.21. The lowest BCUT2D eigenvalue weighted by molar-refractivity contribution is 0.174. The third-order valence-corrected chi connectivity index (χ3v) is 3.82. The summed E-state index contributed by atoms with van der Waals surface area (Å²) in [7, 11) is 0. The summed E-state index contributed by atoms with van der Waals surface area (Å²) in [6.45, 7) is 0.455. The van der Waals surface area contributed by atoms with E-state index < -0.39 is 0 Å². The fourth-order valence-corrected chi connectivity index (χ4v) is 2.59. The van der Waals surface area contributed by atoms with Crippen LogP contribution in [-0.2, 0) is 6.54 Å². The second kappa shape index (κ2) is 5.06. The van der Waals surface area contributed by atoms with Crippen molar-refractivity contribution in [3.05, 3.63) is 46.7 Å². The van der Waals surface area contributed by atoms with Crippen molar-refractivity contribution in [2.24, 2.45) is 0 Å². The number of nitrogens with zero attached hydrogens (tertiary/aromatic N) is 1. The Kier molecular flexibility index (Phi) is 3.04. The maximum Gasteiger partial charge on any atom is 0.231 e. The Labute approximate surface area is 130 Å². The molecule has 3 aromatic rings. The fourth-order valence-electron chi connectivity index (χ4n) is 2.36. The fraction of sp³-hybridized carbons (Fsp3) is 0.133. The minimum atomic E-state index is -0.350. The van der Waals surface area contributed by atoms with Crippen LogP contribution in [0.2, 0.25) is 5.02 Å². The van der Waals surface area contributed by atoms with Crippen LogP contribution in [0.1, 0.15) is 5.56 Å². The van der Waals surface area contributed by atoms with Crippen molar-refractivity contribution in [3.63, 3.8) is 0 Å². The highest BCUT2D eigenvalue weighted by molar-refractivity contribution is 6.31. The highest BCUT2D eigenvalue weighted by atomic mass is 35.5. The molecule has 1 aliphatic heterocycles. The van der Waals surface area contributed by atoms with Crippen LogP contribution in [-0.4, -0.2) is 16.8 Å². The number of aromatic amines is 1. The quantitative estimate of drug-likeness (QED) is 0.773. The molecule has 0 spiro atoms. The number of benzene rings is 2. The van der Waals surface area contributed by atoms with Crippen LogP contribution in [0.5, 0.6) is 11.5 Å². The normalized spacial score (nSPS) is 12.8. The first kappa shape index (κ1) is 13.2. The maximum atomic E-state index is 13.7. The molecule has 5 nitrogen and oxygen atoms in total. The molecule has 2 heterocycles. The first-order chi connectivity index (χ1) is 10.7. The Morgan fingerprint density at radius 1 is 1.27 bits per heavy atom. The van der Waals surface area contributed by atoms with Gasteiger partial charge in [-0.1, -0.05) is 17.7 Å². The first-order valence-electron chi connectivity index (χ1n) is 6.67. The van der Waals surface area contributed by atoms with Gasteiger partial charge in [-0.05, 0) is 12.1 Å². The summed E-state index contributed by atoms with van der Waals surface area (Å²) >= 11 is 6.00. The van der Waals surface area contributed by atoms with E-state index in [1.165, 1.54) is 6.07 Å². The summed E-state index contributed by atoms with van der Waals surface area (Å²) in [5.41, 5.74) is 1.96. The Bertz CT molecular complexity index is 804. The molecule has 0 saturated heterocycles. The Morgan fingerprint density at radius 3 is 2.91 bits per heavy atom. The zero-order chi connectivity index (χ0) is 15.1. The van der Waals surface area contributed by atoms with Gasteiger partial charge in [-0.15, -0.1) is 0 Å². The van der Waals surface area contributed by atoms with E-state index in [-0.39, 0.29) is 19.2 Å². The lowest BCUT2D eigenvalue weighted by Gasteiger charge is -2.06. The molecule has 7 heteroatoms. The van der Waals surface area contributed by atoms with Crippen LogP contribution in [0.25, 0.3) is 11.0 Å². The highest BCUT2D eigenvalue weighted by Gasteiger charge is 2.16. The predicted octanol–water partition coefficient (Wildman–Crippen LogP) is 3.70. The molecule has 2 aromatic carbocycles. The van der Waals surface area contributed by atoms with Gasteiger partial charge in [0.15, 0.2) is 11.5 Å². The molecule has 0 unspecified atom stereocenters. The van der Waals surface area contributed by atoms with Gasteiger partial charge in [0.05, 0.1) is 11.0 Å². The van der Waals surface area contributed by atoms with E-state index in [9.17, 15) is 4.39 Å². The minimum Gasteiger partial charge on any atom is -0.454 e. The van der Waals surface area contributed by atoms with Crippen molar-refractivity contribution < 1.29 is 13.9 Å². The second-order valence-electron chi connectivity index (χ2n) is 4.86. The number of hydrogen-bond donors (Lipinski definition) is 2. The van der Waals surface area contributed by atoms with Crippen molar-refractivity contribution in [1.29, 1.82) is 0 Å². The third-order valence-electron chi connectivity index (χ3n) is 3.47. The molecule has 0 saturated carbocycles. The van der Waals surface area contributed by atoms with Crippen molar-refractivity contribution in [2.75, 3.05) is 12.1 Å². The van der Waals surface area contributed by atoms with Gasteiger partial charge in [0.1, 0.15) is 5.82 Å². The lowest BCUT2D eigenvalue weighted by atomic mass is 10.2. The van der Waals surface area contributed by atoms with E-state index in [1.807, 2.05) is 6.07 Å². The van der Waals surface area contributed by atoms with Crippen molar-refractivity contribution >= 4 is 28.6 Å². The molecule has 4 rings (SSSR count). The monoisotopic (exact) mass is 319 g/mol. The van der Waals surface area contributed by atoms with Crippen LogP contribution in [0.4, 0.5) is 10.3 Å². The van der Waals surface area contributed by atoms with Gasteiger partial charge >= 0.3 is 0 Å². The minimum absolute atomic E-state index is 0.221. The number of hydrogen-bond acceptors (Lipinski definition) is 4. The zero-order valence-electron chi connectivity index (χ0n) is 11.3. The average molecular weight is 320 g/mol. The van der Waals surface area contributed by atoms with Crippen LogP contribution >= 0.6 is 11.6 Å². The molecular weight excluding hydrogens is 309 g/mol. The maximum absolute atomic E-state index is 13.7. The molecule has 0 atom stereocenters. The number of anilines is 1. The number of rotatable bonds is 3. The molecule has 0 fully saturated rings. The van der Waals surface area contributed by atoms with E-state index in [0.29, 0.717) is 28.0 Å². The van der Waals surface area contributed by atoms with E-state index in [1.54, 1.807) is 18.2 Å². The van der Waals surface area contributed by atoms with Crippen molar-refractivity contribution in [1.82, 2.24) is 9.97 Å². The van der Waals surface area contributed by atoms with Gasteiger partial charge in [0, 0.05) is 29.3 Å². The number of H-pyrrole nitrogens is 1. The van der Waals surface area contributed by atoms with Gasteiger partial charge in [-0.3, -0.25) is 0 Å². The Hall–Kier alpha value is -2.47. The Balaban J connectivity index is 1.60. The largest absolute Gasteiger partial charge is 0.454 e. The van der Waals surface area contributed by atoms with Crippen molar-refractivity contribution in [3.8, 4) is 11.5 Å². The van der Waals surface area contributed by atoms with Gasteiger partial charge in [0.2, 0.25) is 12.7 Å². The predicted molar refractivity (Wildman–Crippen MR) is 81.0 cm³/mol. The summed E-state index contributed by atoms with van der Waals surface area (Å²) in [6.07, 6.45) is 0. The number of halogens is 2. The molecule has 2 N–H and O–H groups in total. The van der Waals surface area contributed by atoms with Crippen LogP contribution in [0, 0.1) is 5.82 Å². The molecule has 1 aromatic heterocycles. The van der Waals surface area contributed by atoms with Crippen molar-refractivity contribution in [2.45, 2.75) is 6.54 Å². The second-order valence-corrected chi connectivity index (χ2v) is 5.27. The zero-order valence-corrected chi connectivity index (χ0v) is 12.1. The summed E-state index contributed by atoms with van der Waals surface area (Å²) in [6, 6.07) is 8.23. The number of fused-ring (bicyclic) bond motifs is 2. The summed E-state index contributed by atoms with van der Waals surface area (Å²) in [5, 5.41) is 3.41. The first-order valence-corrected chi connectivity index (χ1v) is 7.04. The number of imidazole rings is 1. The standard InChI is InChI=1S/C15H11ClFN3O2/c16-9-2-1-3-10(17)8(9)6-18-15-19-11-4-13-14(22-7-21-13)5-12(11)20-15/h1-5H,6-7H2,(H2,18,19,20). The molecule has 22 heavy (non-hydrogen) atoms. The molecule has 0 radical (unpaired) electrons. The number of nitrogens with one attached hydrogen (secondary N) is 2. The van der Waals surface area contributed by atoms with E-state index >= 15 is 0 Å². The summed E-state index contributed by atoms with van der Waals surface area (Å²) in [4.78, 5) is 7.51. The van der Waals surface area contributed by atoms with Gasteiger partial charge in [-0.2, -0.15) is 0 Å². The van der Waals surface area contributed by atoms with E-state index in [0.717, 1.165) is 11.0 Å². The average Bonchev–Trinajstić information content (AvgIpc) is 3.09. The smallest absolute Gasteiger partial charge is 0.231 e. The Morgan fingerprint density at radius 2 is 2.09 bits per heavy atom. The van der Waals surface area contributed by atoms with Crippen LogP contribution in [0.3, 0.4) is 0 Å². The lowest BCUT2D eigenvalue weighted by Crippen LogP contribution is -2.03. The number of ether oxygens (including phenoxy) is 2. The molecule has 1 aliphatic rings. The van der Waals surface area contributed by atoms with E-state index in [2.05, 4.69) is 15.3 Å². The highest BCUT2D eigenvalue weighted by Crippen LogP contribution is 2.35. The molecular formula is C15H11ClFN3O2. The van der Waals surface area contributed by atoms with Crippen LogP contribution in [0.15, 0.2) is 30.3 Å².